The van der Waals surface area contributed by atoms with Crippen LogP contribution in [-0.2, 0) is 6.54 Å². The first-order valence-corrected chi connectivity index (χ1v) is 7.83. The maximum atomic E-state index is 13.1. The van der Waals surface area contributed by atoms with Gasteiger partial charge in [-0.25, -0.2) is 8.78 Å². The van der Waals surface area contributed by atoms with Crippen molar-refractivity contribution >= 4 is 34.9 Å². The fourth-order valence-electron chi connectivity index (χ4n) is 2.35. The topological polar surface area (TPSA) is 62.8 Å². The summed E-state index contributed by atoms with van der Waals surface area (Å²) >= 11 is 11.0. The molecule has 10 heteroatoms. The molecule has 1 aromatic carbocycles. The molecule has 132 valence electrons. The number of alkyl halides is 3. The Morgan fingerprint density at radius 1 is 1.28 bits per heavy atom. The molecule has 0 saturated heterocycles. The molecular formula is C15H11ClF3N3O2S. The number of benzene rings is 1. The normalized spacial score (nSPS) is 12.7. The molecular weight excluding hydrogens is 379 g/mol. The number of nitrogens with zero attached hydrogens (tertiary/aromatic N) is 1. The number of ether oxygens (including phenoxy) is 1. The number of hydrogen-bond acceptors (Lipinski definition) is 3. The van der Waals surface area contributed by atoms with Crippen LogP contribution in [0.25, 0.3) is 11.0 Å². The number of rotatable bonds is 5. The van der Waals surface area contributed by atoms with Crippen molar-refractivity contribution in [3.63, 3.8) is 0 Å². The van der Waals surface area contributed by atoms with Crippen LogP contribution < -0.4 is 10.3 Å². The third-order valence-corrected chi connectivity index (χ3v) is 4.12. The summed E-state index contributed by atoms with van der Waals surface area (Å²) in [5.74, 6) is -0.201. The quantitative estimate of drug-likeness (QED) is 0.648. The zero-order valence-corrected chi connectivity index (χ0v) is 14.0. The Bertz CT molecular complexity index is 1030. The van der Waals surface area contributed by atoms with Crippen LogP contribution in [0.3, 0.4) is 0 Å². The summed E-state index contributed by atoms with van der Waals surface area (Å²) in [5.41, 5.74) is 1.15. The Labute approximate surface area is 149 Å². The van der Waals surface area contributed by atoms with E-state index in [1.165, 1.54) is 12.1 Å². The van der Waals surface area contributed by atoms with Gasteiger partial charge in [-0.1, -0.05) is 17.7 Å². The number of halogens is 4. The Kier molecular flexibility index (Phi) is 4.87. The lowest BCUT2D eigenvalue weighted by atomic mass is 10.2. The van der Waals surface area contributed by atoms with Crippen LogP contribution in [0.2, 0.25) is 5.02 Å². The van der Waals surface area contributed by atoms with E-state index in [4.69, 9.17) is 23.8 Å². The lowest BCUT2D eigenvalue weighted by Gasteiger charge is -2.14. The van der Waals surface area contributed by atoms with Crippen LogP contribution in [0.15, 0.2) is 35.3 Å². The SMILES string of the molecule is O=c1[nH]c(=S)n(Cc2ccc(Cl)c(OC(F)C(F)F)c2)c2cc[nH]c12. The summed E-state index contributed by atoms with van der Waals surface area (Å²) in [7, 11) is 0. The van der Waals surface area contributed by atoms with Crippen molar-refractivity contribution in [3.05, 3.63) is 56.2 Å². The number of H-pyrrole nitrogens is 2. The fraction of sp³-hybridized carbons (Fsp3) is 0.200. The van der Waals surface area contributed by atoms with E-state index in [1.54, 1.807) is 22.9 Å². The van der Waals surface area contributed by atoms with Gasteiger partial charge in [-0.3, -0.25) is 9.78 Å². The van der Waals surface area contributed by atoms with E-state index in [9.17, 15) is 18.0 Å². The summed E-state index contributed by atoms with van der Waals surface area (Å²) in [5, 5.41) is 0.00362. The van der Waals surface area contributed by atoms with Crippen molar-refractivity contribution in [1.29, 1.82) is 0 Å². The van der Waals surface area contributed by atoms with Gasteiger partial charge in [0, 0.05) is 6.20 Å². The monoisotopic (exact) mass is 389 g/mol. The lowest BCUT2D eigenvalue weighted by Crippen LogP contribution is -2.20. The van der Waals surface area contributed by atoms with Gasteiger partial charge in [0.15, 0.2) is 4.77 Å². The molecule has 5 nitrogen and oxygen atoms in total. The van der Waals surface area contributed by atoms with Gasteiger partial charge < -0.3 is 14.3 Å². The summed E-state index contributed by atoms with van der Waals surface area (Å²) in [6, 6.07) is 6.06. The van der Waals surface area contributed by atoms with Crippen LogP contribution in [-0.4, -0.2) is 27.3 Å². The first-order chi connectivity index (χ1) is 11.9. The molecule has 3 rings (SSSR count). The molecule has 0 saturated carbocycles. The van der Waals surface area contributed by atoms with Crippen molar-refractivity contribution in [2.75, 3.05) is 0 Å². The van der Waals surface area contributed by atoms with Gasteiger partial charge in [-0.05, 0) is 36.0 Å². The summed E-state index contributed by atoms with van der Waals surface area (Å²) in [6.45, 7) is 0.198. The van der Waals surface area contributed by atoms with E-state index in [0.29, 0.717) is 16.6 Å². The second kappa shape index (κ2) is 6.93. The fourth-order valence-corrected chi connectivity index (χ4v) is 2.77. The molecule has 25 heavy (non-hydrogen) atoms. The molecule has 0 aliphatic heterocycles. The average Bonchev–Trinajstić information content (AvgIpc) is 3.04. The highest BCUT2D eigenvalue weighted by Gasteiger charge is 2.22. The first-order valence-electron chi connectivity index (χ1n) is 7.04. The molecule has 0 amide bonds. The standard InChI is InChI=1S/C15H11ClF3N3O2S/c16-8-2-1-7(5-10(8)24-13(19)12(17)18)6-22-9-3-4-20-11(9)14(23)21-15(22)25/h1-5,12-13,20H,6H2,(H,21,23,25). The smallest absolute Gasteiger partial charge is 0.304 e. The van der Waals surface area contributed by atoms with Gasteiger partial charge in [0.05, 0.1) is 17.1 Å². The highest BCUT2D eigenvalue weighted by molar-refractivity contribution is 7.71. The molecule has 2 N–H and O–H groups in total. The van der Waals surface area contributed by atoms with Crippen molar-refractivity contribution in [2.24, 2.45) is 0 Å². The second-order valence-corrected chi connectivity index (χ2v) is 5.95. The Balaban J connectivity index is 1.98. The van der Waals surface area contributed by atoms with Crippen molar-refractivity contribution in [3.8, 4) is 5.75 Å². The number of aromatic amines is 2. The van der Waals surface area contributed by atoms with Gasteiger partial charge in [-0.2, -0.15) is 4.39 Å². The van der Waals surface area contributed by atoms with Gasteiger partial charge in [0.2, 0.25) is 0 Å². The van der Waals surface area contributed by atoms with E-state index in [0.717, 1.165) is 0 Å². The van der Waals surface area contributed by atoms with E-state index in [2.05, 4.69) is 14.7 Å². The Morgan fingerprint density at radius 2 is 2.04 bits per heavy atom. The van der Waals surface area contributed by atoms with Gasteiger partial charge in [-0.15, -0.1) is 0 Å². The molecule has 0 fully saturated rings. The van der Waals surface area contributed by atoms with Crippen LogP contribution in [0.4, 0.5) is 13.2 Å². The second-order valence-electron chi connectivity index (χ2n) is 5.15. The highest BCUT2D eigenvalue weighted by Crippen LogP contribution is 2.28. The molecule has 1 atom stereocenters. The predicted octanol–water partition coefficient (Wildman–Crippen LogP) is 4.03. The minimum Gasteiger partial charge on any atom is -0.453 e. The lowest BCUT2D eigenvalue weighted by molar-refractivity contribution is -0.0668. The molecule has 0 spiro atoms. The van der Waals surface area contributed by atoms with Crippen molar-refractivity contribution in [2.45, 2.75) is 19.3 Å². The Morgan fingerprint density at radius 3 is 2.76 bits per heavy atom. The molecule has 0 bridgehead atoms. The molecule has 0 aliphatic carbocycles. The van der Waals surface area contributed by atoms with E-state index in [1.807, 2.05) is 0 Å². The number of nitrogens with one attached hydrogen (secondary N) is 2. The highest BCUT2D eigenvalue weighted by atomic mass is 35.5. The first kappa shape index (κ1) is 17.6. The predicted molar refractivity (Wildman–Crippen MR) is 89.8 cm³/mol. The summed E-state index contributed by atoms with van der Waals surface area (Å²) in [6.07, 6.45) is -4.47. The van der Waals surface area contributed by atoms with Gasteiger partial charge in [0.25, 0.3) is 11.9 Å². The minimum atomic E-state index is -3.29. The Hall–Kier alpha value is -2.26. The zero-order valence-electron chi connectivity index (χ0n) is 12.4. The van der Waals surface area contributed by atoms with Gasteiger partial charge >= 0.3 is 6.43 Å². The number of fused-ring (bicyclic) bond motifs is 1. The van der Waals surface area contributed by atoms with Crippen molar-refractivity contribution in [1.82, 2.24) is 14.5 Å². The molecule has 3 aromatic rings. The minimum absolute atomic E-state index is 0.00362. The van der Waals surface area contributed by atoms with Crippen LogP contribution in [0, 0.1) is 4.77 Å². The molecule has 1 unspecified atom stereocenters. The van der Waals surface area contributed by atoms with Crippen LogP contribution in [0.5, 0.6) is 5.75 Å². The number of hydrogen-bond donors (Lipinski definition) is 2. The average molecular weight is 390 g/mol. The summed E-state index contributed by atoms with van der Waals surface area (Å²) in [4.78, 5) is 17.2. The van der Waals surface area contributed by atoms with E-state index in [-0.39, 0.29) is 27.6 Å². The van der Waals surface area contributed by atoms with Gasteiger partial charge in [0.1, 0.15) is 11.3 Å². The number of aromatic nitrogens is 3. The third kappa shape index (κ3) is 3.57. The maximum absolute atomic E-state index is 13.1. The third-order valence-electron chi connectivity index (χ3n) is 3.48. The molecule has 0 aliphatic rings. The molecule has 2 heterocycles. The van der Waals surface area contributed by atoms with E-state index < -0.39 is 12.8 Å². The molecule has 0 radical (unpaired) electrons. The summed E-state index contributed by atoms with van der Waals surface area (Å²) < 4.78 is 44.2. The largest absolute Gasteiger partial charge is 0.453 e. The zero-order chi connectivity index (χ0) is 18.1. The van der Waals surface area contributed by atoms with Crippen LogP contribution in [0.1, 0.15) is 5.56 Å². The van der Waals surface area contributed by atoms with E-state index >= 15 is 0 Å². The van der Waals surface area contributed by atoms with Crippen molar-refractivity contribution < 1.29 is 17.9 Å². The van der Waals surface area contributed by atoms with Crippen LogP contribution >= 0.6 is 23.8 Å². The molecule has 2 aromatic heterocycles. The maximum Gasteiger partial charge on any atom is 0.304 e.